The molecule has 0 spiro atoms. The summed E-state index contributed by atoms with van der Waals surface area (Å²) in [5.41, 5.74) is 1.50. The molecular formula is C18H19F2N7O. The Morgan fingerprint density at radius 3 is 3.07 bits per heavy atom. The Balaban J connectivity index is 1.59. The molecule has 10 heteroatoms. The highest BCUT2D eigenvalue weighted by molar-refractivity contribution is 5.91. The zero-order valence-electron chi connectivity index (χ0n) is 15.2. The molecule has 1 aliphatic rings. The number of carbonyl (C=O) groups is 1. The van der Waals surface area contributed by atoms with E-state index < -0.39 is 24.4 Å². The van der Waals surface area contributed by atoms with Gasteiger partial charge in [-0.15, -0.1) is 0 Å². The summed E-state index contributed by atoms with van der Waals surface area (Å²) in [6.07, 6.45) is 6.15. The van der Waals surface area contributed by atoms with Gasteiger partial charge in [-0.2, -0.15) is 4.98 Å². The van der Waals surface area contributed by atoms with Crippen LogP contribution in [0.3, 0.4) is 0 Å². The molecule has 1 aliphatic heterocycles. The fourth-order valence-corrected chi connectivity index (χ4v) is 3.34. The van der Waals surface area contributed by atoms with Crippen LogP contribution < -0.4 is 10.2 Å². The molecule has 0 saturated carbocycles. The first-order valence-corrected chi connectivity index (χ1v) is 8.96. The maximum absolute atomic E-state index is 13.1. The van der Waals surface area contributed by atoms with Gasteiger partial charge < -0.3 is 15.2 Å². The van der Waals surface area contributed by atoms with Crippen LogP contribution >= 0.6 is 0 Å². The van der Waals surface area contributed by atoms with Crippen LogP contribution in [0, 0.1) is 0 Å². The Labute approximate surface area is 159 Å². The van der Waals surface area contributed by atoms with Gasteiger partial charge in [-0.3, -0.25) is 4.79 Å². The number of halogens is 2. The lowest BCUT2D eigenvalue weighted by molar-refractivity contribution is -0.123. The number of amides is 1. The molecule has 0 radical (unpaired) electrons. The van der Waals surface area contributed by atoms with E-state index in [0.29, 0.717) is 24.7 Å². The molecular weight excluding hydrogens is 368 g/mol. The summed E-state index contributed by atoms with van der Waals surface area (Å²) in [4.78, 5) is 34.4. The molecule has 3 aromatic rings. The van der Waals surface area contributed by atoms with Crippen molar-refractivity contribution >= 4 is 22.9 Å². The van der Waals surface area contributed by atoms with E-state index in [-0.39, 0.29) is 0 Å². The number of aromatic nitrogens is 5. The number of aromatic amines is 1. The van der Waals surface area contributed by atoms with Crippen LogP contribution in [-0.2, 0) is 4.79 Å². The number of anilines is 1. The topological polar surface area (TPSA) is 99.7 Å². The van der Waals surface area contributed by atoms with Gasteiger partial charge in [0.15, 0.2) is 5.82 Å². The van der Waals surface area contributed by atoms with Crippen LogP contribution in [0.4, 0.5) is 14.7 Å². The second-order valence-corrected chi connectivity index (χ2v) is 6.85. The van der Waals surface area contributed by atoms with Crippen LogP contribution in [0.2, 0.25) is 0 Å². The van der Waals surface area contributed by atoms with Crippen LogP contribution in [0.25, 0.3) is 22.4 Å². The first-order valence-electron chi connectivity index (χ1n) is 8.96. The molecule has 1 amide bonds. The highest BCUT2D eigenvalue weighted by Crippen LogP contribution is 2.27. The second kappa shape index (κ2) is 7.10. The number of pyridine rings is 1. The third kappa shape index (κ3) is 3.62. The van der Waals surface area contributed by atoms with E-state index in [0.717, 1.165) is 29.9 Å². The van der Waals surface area contributed by atoms with Crippen LogP contribution in [0.1, 0.15) is 19.8 Å². The van der Waals surface area contributed by atoms with E-state index in [9.17, 15) is 13.6 Å². The van der Waals surface area contributed by atoms with Gasteiger partial charge in [0.05, 0.1) is 6.54 Å². The van der Waals surface area contributed by atoms with E-state index in [1.807, 2.05) is 12.1 Å². The van der Waals surface area contributed by atoms with Gasteiger partial charge in [-0.1, -0.05) is 0 Å². The van der Waals surface area contributed by atoms with Gasteiger partial charge in [0.1, 0.15) is 18.0 Å². The lowest BCUT2D eigenvalue weighted by atomic mass is 10.2. The summed E-state index contributed by atoms with van der Waals surface area (Å²) in [5, 5.41) is 3.19. The molecule has 3 aromatic heterocycles. The van der Waals surface area contributed by atoms with Gasteiger partial charge >= 0.3 is 0 Å². The predicted molar refractivity (Wildman–Crippen MR) is 98.9 cm³/mol. The molecule has 8 nitrogen and oxygen atoms in total. The maximum Gasteiger partial charge on any atom is 0.262 e. The van der Waals surface area contributed by atoms with Crippen molar-refractivity contribution in [2.45, 2.75) is 31.7 Å². The van der Waals surface area contributed by atoms with Gasteiger partial charge in [0.25, 0.3) is 5.92 Å². The lowest BCUT2D eigenvalue weighted by Gasteiger charge is -2.24. The Morgan fingerprint density at radius 2 is 2.25 bits per heavy atom. The molecule has 0 bridgehead atoms. The smallest absolute Gasteiger partial charge is 0.262 e. The average Bonchev–Trinajstić information content (AvgIpc) is 3.33. The molecule has 0 aliphatic carbocycles. The van der Waals surface area contributed by atoms with Crippen molar-refractivity contribution in [2.24, 2.45) is 0 Å². The van der Waals surface area contributed by atoms with E-state index in [2.05, 4.69) is 30.2 Å². The number of hydrogen-bond donors (Lipinski definition) is 2. The number of hydrogen-bond acceptors (Lipinski definition) is 6. The number of alkyl halides is 2. The van der Waals surface area contributed by atoms with Crippen LogP contribution in [0.5, 0.6) is 0 Å². The largest absolute Gasteiger partial charge is 0.348 e. The van der Waals surface area contributed by atoms with Crippen molar-refractivity contribution in [3.63, 3.8) is 0 Å². The summed E-state index contributed by atoms with van der Waals surface area (Å²) in [6.45, 7) is 0.647. The van der Waals surface area contributed by atoms with E-state index in [1.165, 1.54) is 6.33 Å². The number of rotatable bonds is 5. The number of H-pyrrole nitrogens is 1. The van der Waals surface area contributed by atoms with Crippen LogP contribution in [0.15, 0.2) is 30.9 Å². The number of fused-ring (bicyclic) bond motifs is 1. The van der Waals surface area contributed by atoms with Crippen molar-refractivity contribution in [2.75, 3.05) is 18.0 Å². The molecule has 2 N–H and O–H groups in total. The molecule has 1 saturated heterocycles. The molecule has 1 atom stereocenters. The highest BCUT2D eigenvalue weighted by Gasteiger charge is 2.34. The first kappa shape index (κ1) is 18.2. The normalized spacial score (nSPS) is 17.2. The molecule has 1 fully saturated rings. The van der Waals surface area contributed by atoms with E-state index in [1.54, 1.807) is 17.3 Å². The van der Waals surface area contributed by atoms with Crippen molar-refractivity contribution < 1.29 is 13.6 Å². The maximum atomic E-state index is 13.1. The molecule has 146 valence electrons. The Bertz CT molecular complexity index is 1000. The third-order valence-electron chi connectivity index (χ3n) is 4.64. The Kier molecular flexibility index (Phi) is 4.62. The van der Waals surface area contributed by atoms with E-state index in [4.69, 9.17) is 0 Å². The predicted octanol–water partition coefficient (Wildman–Crippen LogP) is 2.16. The average molecular weight is 387 g/mol. The van der Waals surface area contributed by atoms with Gasteiger partial charge in [-0.25, -0.2) is 23.7 Å². The monoisotopic (exact) mass is 387 g/mol. The fourth-order valence-electron chi connectivity index (χ4n) is 3.34. The molecule has 28 heavy (non-hydrogen) atoms. The highest BCUT2D eigenvalue weighted by atomic mass is 19.3. The minimum atomic E-state index is -2.96. The molecule has 0 unspecified atom stereocenters. The van der Waals surface area contributed by atoms with Gasteiger partial charge in [-0.05, 0) is 25.0 Å². The number of carbonyl (C=O) groups excluding carboxylic acids is 1. The number of nitrogens with one attached hydrogen (secondary N) is 2. The number of nitrogens with zero attached hydrogens (tertiary/aromatic N) is 5. The van der Waals surface area contributed by atoms with Crippen molar-refractivity contribution in [3.8, 4) is 11.4 Å². The zero-order chi connectivity index (χ0) is 19.7. The van der Waals surface area contributed by atoms with E-state index >= 15 is 0 Å². The Hall–Kier alpha value is -3.17. The minimum Gasteiger partial charge on any atom is -0.348 e. The van der Waals surface area contributed by atoms with Gasteiger partial charge in [0, 0.05) is 36.8 Å². The van der Waals surface area contributed by atoms with Crippen LogP contribution in [-0.4, -0.2) is 55.9 Å². The van der Waals surface area contributed by atoms with Gasteiger partial charge in [0.2, 0.25) is 11.9 Å². The lowest BCUT2D eigenvalue weighted by Crippen LogP contribution is -2.46. The quantitative estimate of drug-likeness (QED) is 0.696. The fraction of sp³-hybridized carbons (Fsp3) is 0.389. The van der Waals surface area contributed by atoms with Crippen molar-refractivity contribution in [3.05, 3.63) is 30.9 Å². The zero-order valence-corrected chi connectivity index (χ0v) is 15.2. The molecule has 0 aromatic carbocycles. The minimum absolute atomic E-state index is 0.351. The first-order chi connectivity index (χ1) is 13.4. The SMILES string of the molecule is CC(F)(F)CNC(=O)[C@H]1CCCN1c1ncnc(-c2c[nH]c3ncccc23)n1. The summed E-state index contributed by atoms with van der Waals surface area (Å²) < 4.78 is 26.1. The molecule has 4 heterocycles. The summed E-state index contributed by atoms with van der Waals surface area (Å²) >= 11 is 0. The van der Waals surface area contributed by atoms with Crippen molar-refractivity contribution in [1.29, 1.82) is 0 Å². The van der Waals surface area contributed by atoms with Crippen molar-refractivity contribution in [1.82, 2.24) is 30.2 Å². The third-order valence-corrected chi connectivity index (χ3v) is 4.64. The second-order valence-electron chi connectivity index (χ2n) is 6.85. The summed E-state index contributed by atoms with van der Waals surface area (Å²) in [5.74, 6) is -2.60. The molecule has 4 rings (SSSR count). The summed E-state index contributed by atoms with van der Waals surface area (Å²) in [7, 11) is 0. The standard InChI is InChI=1S/C18H19F2N7O/c1-18(19,20)9-23-16(28)13-5-3-7-27(13)17-25-10-24-15(26-17)12-8-22-14-11(12)4-2-6-21-14/h2,4,6,8,10,13H,3,5,7,9H2,1H3,(H,21,22)(H,23,28)/t13-/m1/s1. The summed E-state index contributed by atoms with van der Waals surface area (Å²) in [6, 6.07) is 3.16. The Morgan fingerprint density at radius 1 is 1.39 bits per heavy atom.